The van der Waals surface area contributed by atoms with E-state index >= 15 is 0 Å². The number of nitrogens with two attached hydrogens (primary N) is 1. The van der Waals surface area contributed by atoms with Crippen molar-refractivity contribution in [3.05, 3.63) is 36.4 Å². The highest BCUT2D eigenvalue weighted by molar-refractivity contribution is 5.93. The largest absolute Gasteiger partial charge is 0.320 e. The third-order valence-electron chi connectivity index (χ3n) is 2.33. The van der Waals surface area contributed by atoms with Crippen LogP contribution in [-0.4, -0.2) is 22.1 Å². The molecule has 0 fully saturated rings. The molecule has 0 aliphatic heterocycles. The normalized spacial score (nSPS) is 12.1. The molecule has 0 aliphatic rings. The summed E-state index contributed by atoms with van der Waals surface area (Å²) in [6, 6.07) is 11.0. The highest BCUT2D eigenvalue weighted by atomic mass is 16.2. The minimum absolute atomic E-state index is 0.254. The second-order valence-electron chi connectivity index (χ2n) is 3.81. The van der Waals surface area contributed by atoms with Crippen molar-refractivity contribution in [2.75, 3.05) is 5.32 Å². The SMILES string of the molecule is CC(N)C(=O)Nc1cc(-c2ccccc2)[nH]n1. The molecule has 0 saturated heterocycles. The predicted molar refractivity (Wildman–Crippen MR) is 66.3 cm³/mol. The van der Waals surface area contributed by atoms with Crippen LogP contribution >= 0.6 is 0 Å². The quantitative estimate of drug-likeness (QED) is 0.744. The van der Waals surface area contributed by atoms with Crippen molar-refractivity contribution >= 4 is 11.7 Å². The summed E-state index contributed by atoms with van der Waals surface area (Å²) < 4.78 is 0. The van der Waals surface area contributed by atoms with Crippen LogP contribution in [0, 0.1) is 0 Å². The van der Waals surface area contributed by atoms with Crippen LogP contribution in [0.2, 0.25) is 0 Å². The number of aromatic nitrogens is 2. The Hall–Kier alpha value is -2.14. The lowest BCUT2D eigenvalue weighted by atomic mass is 10.1. The predicted octanol–water partition coefficient (Wildman–Crippen LogP) is 1.36. The number of nitrogens with one attached hydrogen (secondary N) is 2. The molecule has 1 atom stereocenters. The maximum atomic E-state index is 11.4. The maximum Gasteiger partial charge on any atom is 0.242 e. The van der Waals surface area contributed by atoms with Crippen LogP contribution in [0.3, 0.4) is 0 Å². The molecular formula is C12H14N4O. The molecule has 0 saturated carbocycles. The van der Waals surface area contributed by atoms with Gasteiger partial charge in [0.15, 0.2) is 5.82 Å². The summed E-state index contributed by atoms with van der Waals surface area (Å²) >= 11 is 0. The lowest BCUT2D eigenvalue weighted by molar-refractivity contribution is -0.117. The van der Waals surface area contributed by atoms with Crippen molar-refractivity contribution in [2.24, 2.45) is 5.73 Å². The molecule has 2 rings (SSSR count). The van der Waals surface area contributed by atoms with Crippen molar-refractivity contribution in [1.29, 1.82) is 0 Å². The number of hydrogen-bond acceptors (Lipinski definition) is 3. The topological polar surface area (TPSA) is 83.8 Å². The second-order valence-corrected chi connectivity index (χ2v) is 3.81. The van der Waals surface area contributed by atoms with E-state index in [4.69, 9.17) is 5.73 Å². The van der Waals surface area contributed by atoms with E-state index in [-0.39, 0.29) is 5.91 Å². The number of nitrogens with zero attached hydrogens (tertiary/aromatic N) is 1. The molecule has 0 bridgehead atoms. The van der Waals surface area contributed by atoms with Gasteiger partial charge in [-0.25, -0.2) is 0 Å². The number of benzene rings is 1. The number of carbonyl (C=O) groups is 1. The Bertz CT molecular complexity index is 504. The van der Waals surface area contributed by atoms with Crippen LogP contribution in [0.4, 0.5) is 5.82 Å². The van der Waals surface area contributed by atoms with Gasteiger partial charge in [-0.05, 0) is 12.5 Å². The number of aromatic amines is 1. The molecule has 0 radical (unpaired) electrons. The van der Waals surface area contributed by atoms with Crippen LogP contribution in [0.25, 0.3) is 11.3 Å². The Balaban J connectivity index is 2.14. The number of amides is 1. The Labute approximate surface area is 99.0 Å². The molecule has 4 N–H and O–H groups in total. The first kappa shape index (κ1) is 11.3. The third-order valence-corrected chi connectivity index (χ3v) is 2.33. The Kier molecular flexibility index (Phi) is 3.20. The number of carbonyl (C=O) groups excluding carboxylic acids is 1. The fourth-order valence-corrected chi connectivity index (χ4v) is 1.39. The lowest BCUT2D eigenvalue weighted by Crippen LogP contribution is -2.32. The standard InChI is InChI=1S/C12H14N4O/c1-8(13)12(17)14-11-7-10(15-16-11)9-5-3-2-4-6-9/h2-8H,13H2,1H3,(H2,14,15,16,17). The Morgan fingerprint density at radius 2 is 2.12 bits per heavy atom. The molecule has 5 nitrogen and oxygen atoms in total. The molecule has 0 aliphatic carbocycles. The number of anilines is 1. The average molecular weight is 230 g/mol. The van der Waals surface area contributed by atoms with E-state index in [1.54, 1.807) is 13.0 Å². The lowest BCUT2D eigenvalue weighted by Gasteiger charge is -2.03. The van der Waals surface area contributed by atoms with Gasteiger partial charge in [0.25, 0.3) is 0 Å². The summed E-state index contributed by atoms with van der Waals surface area (Å²) in [7, 11) is 0. The van der Waals surface area contributed by atoms with Crippen LogP contribution in [0.5, 0.6) is 0 Å². The summed E-state index contributed by atoms with van der Waals surface area (Å²) in [5.41, 5.74) is 7.32. The molecule has 5 heteroatoms. The highest BCUT2D eigenvalue weighted by Gasteiger charge is 2.10. The fourth-order valence-electron chi connectivity index (χ4n) is 1.39. The van der Waals surface area contributed by atoms with Gasteiger partial charge in [-0.15, -0.1) is 0 Å². The van der Waals surface area contributed by atoms with Gasteiger partial charge >= 0.3 is 0 Å². The molecule has 1 heterocycles. The van der Waals surface area contributed by atoms with Crippen molar-refractivity contribution in [2.45, 2.75) is 13.0 Å². The zero-order chi connectivity index (χ0) is 12.3. The van der Waals surface area contributed by atoms with Gasteiger partial charge in [0.2, 0.25) is 5.91 Å². The van der Waals surface area contributed by atoms with Crippen LogP contribution < -0.4 is 11.1 Å². The summed E-state index contributed by atoms with van der Waals surface area (Å²) in [6.45, 7) is 1.63. The Morgan fingerprint density at radius 1 is 1.41 bits per heavy atom. The molecule has 1 unspecified atom stereocenters. The van der Waals surface area contributed by atoms with Crippen LogP contribution in [-0.2, 0) is 4.79 Å². The van der Waals surface area contributed by atoms with E-state index in [0.29, 0.717) is 5.82 Å². The van der Waals surface area contributed by atoms with Gasteiger partial charge in [-0.3, -0.25) is 9.89 Å². The molecule has 1 aromatic carbocycles. The second kappa shape index (κ2) is 4.80. The first-order chi connectivity index (χ1) is 8.16. The van der Waals surface area contributed by atoms with Gasteiger partial charge < -0.3 is 11.1 Å². The maximum absolute atomic E-state index is 11.4. The van der Waals surface area contributed by atoms with E-state index in [9.17, 15) is 4.79 Å². The van der Waals surface area contributed by atoms with Crippen molar-refractivity contribution in [3.8, 4) is 11.3 Å². The summed E-state index contributed by atoms with van der Waals surface area (Å²) in [5, 5.41) is 9.49. The molecule has 0 spiro atoms. The summed E-state index contributed by atoms with van der Waals surface area (Å²) in [4.78, 5) is 11.4. The van der Waals surface area contributed by atoms with E-state index in [1.807, 2.05) is 30.3 Å². The van der Waals surface area contributed by atoms with Gasteiger partial charge in [0.05, 0.1) is 11.7 Å². The van der Waals surface area contributed by atoms with E-state index in [1.165, 1.54) is 0 Å². The number of hydrogen-bond donors (Lipinski definition) is 3. The van der Waals surface area contributed by atoms with E-state index in [0.717, 1.165) is 11.3 Å². The first-order valence-electron chi connectivity index (χ1n) is 5.34. The average Bonchev–Trinajstić information content (AvgIpc) is 2.78. The van der Waals surface area contributed by atoms with Crippen molar-refractivity contribution < 1.29 is 4.79 Å². The van der Waals surface area contributed by atoms with Gasteiger partial charge in [0, 0.05) is 6.07 Å². The van der Waals surface area contributed by atoms with Crippen molar-refractivity contribution in [1.82, 2.24) is 10.2 Å². The third kappa shape index (κ3) is 2.70. The molecular weight excluding hydrogens is 216 g/mol. The summed E-state index contributed by atoms with van der Waals surface area (Å²) in [6.07, 6.45) is 0. The molecule has 88 valence electrons. The van der Waals surface area contributed by atoms with E-state index in [2.05, 4.69) is 15.5 Å². The van der Waals surface area contributed by atoms with Crippen molar-refractivity contribution in [3.63, 3.8) is 0 Å². The number of H-pyrrole nitrogens is 1. The number of rotatable bonds is 3. The minimum atomic E-state index is -0.549. The van der Waals surface area contributed by atoms with E-state index < -0.39 is 6.04 Å². The zero-order valence-electron chi connectivity index (χ0n) is 9.47. The van der Waals surface area contributed by atoms with Gasteiger partial charge in [-0.2, -0.15) is 5.10 Å². The smallest absolute Gasteiger partial charge is 0.242 e. The monoisotopic (exact) mass is 230 g/mol. The first-order valence-corrected chi connectivity index (χ1v) is 5.34. The fraction of sp³-hybridized carbons (Fsp3) is 0.167. The van der Waals surface area contributed by atoms with Gasteiger partial charge in [-0.1, -0.05) is 30.3 Å². The van der Waals surface area contributed by atoms with Crippen LogP contribution in [0.1, 0.15) is 6.92 Å². The molecule has 1 aromatic heterocycles. The summed E-state index contributed by atoms with van der Waals surface area (Å²) in [5.74, 6) is 0.224. The molecule has 2 aromatic rings. The zero-order valence-corrected chi connectivity index (χ0v) is 9.47. The Morgan fingerprint density at radius 3 is 2.76 bits per heavy atom. The molecule has 17 heavy (non-hydrogen) atoms. The van der Waals surface area contributed by atoms with Gasteiger partial charge in [0.1, 0.15) is 0 Å². The minimum Gasteiger partial charge on any atom is -0.320 e. The molecule has 1 amide bonds. The van der Waals surface area contributed by atoms with Crippen LogP contribution in [0.15, 0.2) is 36.4 Å². The highest BCUT2D eigenvalue weighted by Crippen LogP contribution is 2.18.